The van der Waals surface area contributed by atoms with Gasteiger partial charge in [0.25, 0.3) is 0 Å². The highest BCUT2D eigenvalue weighted by molar-refractivity contribution is 5.88. The van der Waals surface area contributed by atoms with Crippen molar-refractivity contribution in [1.82, 2.24) is 4.98 Å². The molecule has 2 rings (SSSR count). The first-order valence-corrected chi connectivity index (χ1v) is 4.49. The van der Waals surface area contributed by atoms with Gasteiger partial charge in [-0.05, 0) is 23.8 Å². The maximum atomic E-state index is 13.4. The summed E-state index contributed by atoms with van der Waals surface area (Å²) in [5.41, 5.74) is 0.831. The van der Waals surface area contributed by atoms with E-state index < -0.39 is 5.82 Å². The van der Waals surface area contributed by atoms with Crippen molar-refractivity contribution in [3.05, 3.63) is 35.8 Å². The third kappa shape index (κ3) is 1.53. The number of hydrogen-bond acceptors (Lipinski definition) is 3. The molecule has 0 amide bonds. The summed E-state index contributed by atoms with van der Waals surface area (Å²) < 4.78 is 18.5. The molecule has 1 heterocycles. The molecule has 0 aliphatic heterocycles. The average molecular weight is 207 g/mol. The van der Waals surface area contributed by atoms with Gasteiger partial charge in [-0.25, -0.2) is 4.39 Å². The number of hydrogen-bond donors (Lipinski definition) is 1. The van der Waals surface area contributed by atoms with Gasteiger partial charge < -0.3 is 9.84 Å². The van der Waals surface area contributed by atoms with Gasteiger partial charge in [-0.3, -0.25) is 4.98 Å². The highest BCUT2D eigenvalue weighted by Crippen LogP contribution is 2.29. The molecule has 0 saturated carbocycles. The lowest BCUT2D eigenvalue weighted by molar-refractivity contribution is 0.283. The molecule has 1 N–H and O–H groups in total. The van der Waals surface area contributed by atoms with E-state index in [9.17, 15) is 4.39 Å². The van der Waals surface area contributed by atoms with Crippen LogP contribution in [0.2, 0.25) is 0 Å². The fourth-order valence-electron chi connectivity index (χ4n) is 1.57. The lowest BCUT2D eigenvalue weighted by atomic mass is 10.1. The van der Waals surface area contributed by atoms with Crippen LogP contribution < -0.4 is 4.74 Å². The quantitative estimate of drug-likeness (QED) is 0.817. The molecule has 3 nitrogen and oxygen atoms in total. The van der Waals surface area contributed by atoms with Gasteiger partial charge in [-0.1, -0.05) is 0 Å². The maximum absolute atomic E-state index is 13.4. The Balaban J connectivity index is 2.87. The third-order valence-corrected chi connectivity index (χ3v) is 2.28. The summed E-state index contributed by atoms with van der Waals surface area (Å²) in [4.78, 5) is 3.93. The molecule has 15 heavy (non-hydrogen) atoms. The Hall–Kier alpha value is -1.68. The molecule has 0 saturated heterocycles. The standard InChI is InChI=1S/C11H10FNO2/c1-15-9-3-2-8(12)11-10(9)7(6-14)4-5-13-11/h2-5,14H,6H2,1H3. The molecule has 0 atom stereocenters. The van der Waals surface area contributed by atoms with Crippen LogP contribution in [0.15, 0.2) is 24.4 Å². The largest absolute Gasteiger partial charge is 0.496 e. The van der Waals surface area contributed by atoms with Crippen molar-refractivity contribution < 1.29 is 14.2 Å². The van der Waals surface area contributed by atoms with E-state index in [1.165, 1.54) is 25.4 Å². The highest BCUT2D eigenvalue weighted by atomic mass is 19.1. The lowest BCUT2D eigenvalue weighted by Gasteiger charge is -2.08. The van der Waals surface area contributed by atoms with Crippen LogP contribution in [0.1, 0.15) is 5.56 Å². The van der Waals surface area contributed by atoms with Crippen LogP contribution >= 0.6 is 0 Å². The summed E-state index contributed by atoms with van der Waals surface area (Å²) in [6.45, 7) is -0.168. The molecule has 2 aromatic rings. The number of aromatic nitrogens is 1. The number of ether oxygens (including phenoxy) is 1. The molecule has 0 spiro atoms. The van der Waals surface area contributed by atoms with E-state index in [0.29, 0.717) is 16.7 Å². The predicted octanol–water partition coefficient (Wildman–Crippen LogP) is 1.87. The Bertz CT molecular complexity index is 489. The normalized spacial score (nSPS) is 10.6. The average Bonchev–Trinajstić information content (AvgIpc) is 2.29. The number of aliphatic hydroxyl groups is 1. The third-order valence-electron chi connectivity index (χ3n) is 2.28. The number of nitrogens with zero attached hydrogens (tertiary/aromatic N) is 1. The first-order valence-electron chi connectivity index (χ1n) is 4.49. The number of halogens is 1. The number of methoxy groups -OCH3 is 1. The van der Waals surface area contributed by atoms with E-state index >= 15 is 0 Å². The van der Waals surface area contributed by atoms with Crippen LogP contribution in [-0.2, 0) is 6.61 Å². The van der Waals surface area contributed by atoms with Crippen LogP contribution in [0, 0.1) is 5.82 Å². The zero-order valence-corrected chi connectivity index (χ0v) is 8.20. The Morgan fingerprint density at radius 3 is 2.87 bits per heavy atom. The van der Waals surface area contributed by atoms with Gasteiger partial charge in [0, 0.05) is 6.20 Å². The van der Waals surface area contributed by atoms with Crippen molar-refractivity contribution >= 4 is 10.9 Å². The van der Waals surface area contributed by atoms with Gasteiger partial charge in [0.2, 0.25) is 0 Å². The second-order valence-electron chi connectivity index (χ2n) is 3.10. The minimum absolute atomic E-state index is 0.168. The molecule has 0 aliphatic carbocycles. The van der Waals surface area contributed by atoms with Crippen LogP contribution in [-0.4, -0.2) is 17.2 Å². The van der Waals surface area contributed by atoms with Gasteiger partial charge in [-0.2, -0.15) is 0 Å². The van der Waals surface area contributed by atoms with Crippen molar-refractivity contribution in [3.8, 4) is 5.75 Å². The van der Waals surface area contributed by atoms with Gasteiger partial charge in [0.1, 0.15) is 17.1 Å². The van der Waals surface area contributed by atoms with Gasteiger partial charge >= 0.3 is 0 Å². The second kappa shape index (κ2) is 3.82. The molecular weight excluding hydrogens is 197 g/mol. The van der Waals surface area contributed by atoms with Crippen LogP contribution in [0.4, 0.5) is 4.39 Å². The summed E-state index contributed by atoms with van der Waals surface area (Å²) >= 11 is 0. The van der Waals surface area contributed by atoms with E-state index in [-0.39, 0.29) is 12.1 Å². The van der Waals surface area contributed by atoms with Crippen molar-refractivity contribution in [1.29, 1.82) is 0 Å². The molecule has 0 bridgehead atoms. The van der Waals surface area contributed by atoms with E-state index in [2.05, 4.69) is 4.98 Å². The van der Waals surface area contributed by atoms with Crippen LogP contribution in [0.25, 0.3) is 10.9 Å². The number of rotatable bonds is 2. The summed E-state index contributed by atoms with van der Waals surface area (Å²) in [5.74, 6) is 0.102. The zero-order chi connectivity index (χ0) is 10.8. The smallest absolute Gasteiger partial charge is 0.149 e. The molecule has 1 aromatic heterocycles. The Labute approximate surface area is 86.1 Å². The molecule has 78 valence electrons. The number of aliphatic hydroxyl groups excluding tert-OH is 1. The Morgan fingerprint density at radius 2 is 2.20 bits per heavy atom. The lowest BCUT2D eigenvalue weighted by Crippen LogP contribution is -1.94. The summed E-state index contributed by atoms with van der Waals surface area (Å²) in [7, 11) is 1.50. The molecule has 0 radical (unpaired) electrons. The fourth-order valence-corrected chi connectivity index (χ4v) is 1.57. The molecule has 1 aromatic carbocycles. The van der Waals surface area contributed by atoms with Crippen molar-refractivity contribution in [2.24, 2.45) is 0 Å². The number of benzene rings is 1. The minimum atomic E-state index is -0.416. The molecule has 0 unspecified atom stereocenters. The summed E-state index contributed by atoms with van der Waals surface area (Å²) in [6, 6.07) is 4.47. The van der Waals surface area contributed by atoms with Crippen molar-refractivity contribution in [2.45, 2.75) is 6.61 Å². The Morgan fingerprint density at radius 1 is 1.40 bits per heavy atom. The van der Waals surface area contributed by atoms with Crippen LogP contribution in [0.3, 0.4) is 0 Å². The van der Waals surface area contributed by atoms with E-state index in [1.807, 2.05) is 0 Å². The highest BCUT2D eigenvalue weighted by Gasteiger charge is 2.10. The summed E-state index contributed by atoms with van der Waals surface area (Å²) in [6.07, 6.45) is 1.47. The van der Waals surface area contributed by atoms with E-state index in [1.54, 1.807) is 6.07 Å². The molecule has 4 heteroatoms. The SMILES string of the molecule is COc1ccc(F)c2nccc(CO)c12. The predicted molar refractivity (Wildman–Crippen MR) is 54.2 cm³/mol. The van der Waals surface area contributed by atoms with Crippen molar-refractivity contribution in [2.75, 3.05) is 7.11 Å². The van der Waals surface area contributed by atoms with E-state index in [0.717, 1.165) is 0 Å². The first-order chi connectivity index (χ1) is 7.27. The van der Waals surface area contributed by atoms with Gasteiger partial charge in [0.15, 0.2) is 0 Å². The van der Waals surface area contributed by atoms with Crippen molar-refractivity contribution in [3.63, 3.8) is 0 Å². The zero-order valence-electron chi connectivity index (χ0n) is 8.20. The first kappa shape index (κ1) is 9.86. The monoisotopic (exact) mass is 207 g/mol. The number of pyridine rings is 1. The van der Waals surface area contributed by atoms with Crippen LogP contribution in [0.5, 0.6) is 5.75 Å². The maximum Gasteiger partial charge on any atom is 0.149 e. The van der Waals surface area contributed by atoms with E-state index in [4.69, 9.17) is 9.84 Å². The Kier molecular flexibility index (Phi) is 2.51. The second-order valence-corrected chi connectivity index (χ2v) is 3.10. The minimum Gasteiger partial charge on any atom is -0.496 e. The van der Waals surface area contributed by atoms with Gasteiger partial charge in [0.05, 0.1) is 19.1 Å². The number of fused-ring (bicyclic) bond motifs is 1. The molecular formula is C11H10FNO2. The molecule has 0 aliphatic rings. The fraction of sp³-hybridized carbons (Fsp3) is 0.182. The summed E-state index contributed by atoms with van der Waals surface area (Å²) in [5, 5.41) is 9.67. The topological polar surface area (TPSA) is 42.4 Å². The molecule has 0 fully saturated rings. The van der Waals surface area contributed by atoms with Gasteiger partial charge in [-0.15, -0.1) is 0 Å².